The molecule has 0 saturated carbocycles. The van der Waals surface area contributed by atoms with Crippen LogP contribution in [-0.2, 0) is 0 Å². The summed E-state index contributed by atoms with van der Waals surface area (Å²) >= 11 is 1.72. The normalized spacial score (nSPS) is 12.2. The predicted octanol–water partition coefficient (Wildman–Crippen LogP) is 1.74. The highest BCUT2D eigenvalue weighted by molar-refractivity contribution is 7.98. The number of hydrogen-bond donors (Lipinski definition) is 1. The zero-order valence-corrected chi connectivity index (χ0v) is 13.4. The van der Waals surface area contributed by atoms with E-state index in [-0.39, 0.29) is 17.6 Å². The maximum Gasteiger partial charge on any atom is 0.272 e. The van der Waals surface area contributed by atoms with Gasteiger partial charge in [-0.1, -0.05) is 6.07 Å². The summed E-state index contributed by atoms with van der Waals surface area (Å²) in [6.07, 6.45) is 9.16. The van der Waals surface area contributed by atoms with Gasteiger partial charge in [-0.05, 0) is 30.6 Å². The fourth-order valence-electron chi connectivity index (χ4n) is 2.25. The lowest BCUT2D eigenvalue weighted by Gasteiger charge is -2.16. The molecule has 3 aromatic heterocycles. The molecule has 0 fully saturated rings. The Morgan fingerprint density at radius 1 is 1.35 bits per heavy atom. The summed E-state index contributed by atoms with van der Waals surface area (Å²) in [6.45, 7) is 0. The number of carbonyl (C=O) groups is 1. The first-order valence-electron chi connectivity index (χ1n) is 7.15. The minimum absolute atomic E-state index is 0.241. The lowest BCUT2D eigenvalue weighted by Crippen LogP contribution is -2.31. The topological polar surface area (TPSA) is 85.1 Å². The molecule has 0 bridgehead atoms. The first-order valence-corrected chi connectivity index (χ1v) is 8.54. The first-order chi connectivity index (χ1) is 11.3. The van der Waals surface area contributed by atoms with E-state index in [1.807, 2.05) is 35.1 Å². The Bertz CT molecular complexity index is 791. The molecule has 0 aliphatic heterocycles. The average Bonchev–Trinajstić information content (AvgIpc) is 3.03. The Balaban J connectivity index is 1.87. The van der Waals surface area contributed by atoms with Crippen molar-refractivity contribution in [1.29, 1.82) is 0 Å². The minimum Gasteiger partial charge on any atom is -0.341 e. The molecule has 0 aromatic carbocycles. The van der Waals surface area contributed by atoms with Crippen molar-refractivity contribution < 1.29 is 4.79 Å². The van der Waals surface area contributed by atoms with E-state index in [0.717, 1.165) is 17.8 Å². The smallest absolute Gasteiger partial charge is 0.272 e. The van der Waals surface area contributed by atoms with Crippen molar-refractivity contribution in [2.75, 3.05) is 12.0 Å². The molecule has 0 radical (unpaired) electrons. The molecule has 1 amide bonds. The van der Waals surface area contributed by atoms with Crippen LogP contribution in [0.3, 0.4) is 0 Å². The van der Waals surface area contributed by atoms with E-state index >= 15 is 0 Å². The number of rotatable bonds is 6. The van der Waals surface area contributed by atoms with E-state index in [9.17, 15) is 4.79 Å². The van der Waals surface area contributed by atoms with Gasteiger partial charge in [-0.15, -0.1) is 10.2 Å². The molecule has 0 saturated heterocycles. The van der Waals surface area contributed by atoms with Gasteiger partial charge in [0.05, 0.1) is 12.2 Å². The van der Waals surface area contributed by atoms with E-state index in [1.54, 1.807) is 11.8 Å². The van der Waals surface area contributed by atoms with Crippen molar-refractivity contribution in [1.82, 2.24) is 29.9 Å². The van der Waals surface area contributed by atoms with Gasteiger partial charge in [0.15, 0.2) is 11.5 Å². The van der Waals surface area contributed by atoms with E-state index in [2.05, 4.69) is 25.5 Å². The number of thioether (sulfide) groups is 1. The van der Waals surface area contributed by atoms with Crippen LogP contribution in [0.2, 0.25) is 0 Å². The maximum atomic E-state index is 12.4. The van der Waals surface area contributed by atoms with Gasteiger partial charge < -0.3 is 5.32 Å². The van der Waals surface area contributed by atoms with Crippen LogP contribution in [-0.4, -0.2) is 42.5 Å². The SMILES string of the molecule is CSCCC(NC(=O)c1cnccn1)c1nnc2ccccn12. The zero-order valence-electron chi connectivity index (χ0n) is 12.6. The molecule has 0 spiro atoms. The van der Waals surface area contributed by atoms with Crippen LogP contribution >= 0.6 is 11.8 Å². The second kappa shape index (κ2) is 7.19. The first kappa shape index (κ1) is 15.4. The summed E-state index contributed by atoms with van der Waals surface area (Å²) in [5.74, 6) is 1.34. The van der Waals surface area contributed by atoms with Crippen molar-refractivity contribution in [3.05, 3.63) is 54.5 Å². The molecule has 3 aromatic rings. The van der Waals surface area contributed by atoms with Crippen LogP contribution in [0.5, 0.6) is 0 Å². The Morgan fingerprint density at radius 3 is 3.04 bits per heavy atom. The zero-order chi connectivity index (χ0) is 16.1. The van der Waals surface area contributed by atoms with Crippen molar-refractivity contribution >= 4 is 23.3 Å². The summed E-state index contributed by atoms with van der Waals surface area (Å²) in [5, 5.41) is 11.4. The average molecular weight is 328 g/mol. The van der Waals surface area contributed by atoms with Crippen LogP contribution in [0.15, 0.2) is 43.0 Å². The fraction of sp³-hybridized carbons (Fsp3) is 0.267. The van der Waals surface area contributed by atoms with Crippen molar-refractivity contribution in [2.45, 2.75) is 12.5 Å². The number of pyridine rings is 1. The highest BCUT2D eigenvalue weighted by Gasteiger charge is 2.21. The summed E-state index contributed by atoms with van der Waals surface area (Å²) < 4.78 is 1.89. The molecule has 1 atom stereocenters. The molecular weight excluding hydrogens is 312 g/mol. The molecule has 3 heterocycles. The van der Waals surface area contributed by atoms with E-state index < -0.39 is 0 Å². The predicted molar refractivity (Wildman–Crippen MR) is 88.2 cm³/mol. The van der Waals surface area contributed by atoms with Gasteiger partial charge in [0.2, 0.25) is 0 Å². The number of carbonyl (C=O) groups excluding carboxylic acids is 1. The van der Waals surface area contributed by atoms with Gasteiger partial charge in [0.25, 0.3) is 5.91 Å². The third kappa shape index (κ3) is 3.48. The summed E-state index contributed by atoms with van der Waals surface area (Å²) in [6, 6.07) is 5.46. The third-order valence-corrected chi connectivity index (χ3v) is 4.01. The van der Waals surface area contributed by atoms with Crippen LogP contribution in [0, 0.1) is 0 Å². The number of hydrogen-bond acceptors (Lipinski definition) is 6. The van der Waals surface area contributed by atoms with Gasteiger partial charge in [0, 0.05) is 18.6 Å². The monoisotopic (exact) mass is 328 g/mol. The van der Waals surface area contributed by atoms with Crippen LogP contribution in [0.4, 0.5) is 0 Å². The molecule has 1 unspecified atom stereocenters. The van der Waals surface area contributed by atoms with E-state index in [1.165, 1.54) is 18.6 Å². The van der Waals surface area contributed by atoms with Gasteiger partial charge >= 0.3 is 0 Å². The molecule has 0 aliphatic carbocycles. The van der Waals surface area contributed by atoms with Crippen molar-refractivity contribution in [2.24, 2.45) is 0 Å². The lowest BCUT2D eigenvalue weighted by molar-refractivity contribution is 0.0928. The molecular formula is C15H16N6OS. The van der Waals surface area contributed by atoms with Crippen LogP contribution in [0.25, 0.3) is 5.65 Å². The van der Waals surface area contributed by atoms with Crippen molar-refractivity contribution in [3.8, 4) is 0 Å². The number of nitrogens with one attached hydrogen (secondary N) is 1. The molecule has 23 heavy (non-hydrogen) atoms. The Kier molecular flexibility index (Phi) is 4.82. The maximum absolute atomic E-state index is 12.4. The van der Waals surface area contributed by atoms with E-state index in [0.29, 0.717) is 5.82 Å². The summed E-state index contributed by atoms with van der Waals surface area (Å²) in [4.78, 5) is 20.3. The van der Waals surface area contributed by atoms with E-state index in [4.69, 9.17) is 0 Å². The number of aromatic nitrogens is 5. The minimum atomic E-state index is -0.267. The Hall–Kier alpha value is -2.48. The van der Waals surface area contributed by atoms with Gasteiger partial charge in [0.1, 0.15) is 5.69 Å². The molecule has 3 rings (SSSR count). The lowest BCUT2D eigenvalue weighted by atomic mass is 10.2. The number of fused-ring (bicyclic) bond motifs is 1. The van der Waals surface area contributed by atoms with Gasteiger partial charge in [-0.3, -0.25) is 14.2 Å². The largest absolute Gasteiger partial charge is 0.341 e. The standard InChI is InChI=1S/C15H16N6OS/c1-23-9-5-11(18-15(22)12-10-16-6-7-17-12)14-20-19-13-4-2-3-8-21(13)14/h2-4,6-8,10-11H,5,9H2,1H3,(H,18,22). The molecule has 7 nitrogen and oxygen atoms in total. The summed E-state index contributed by atoms with van der Waals surface area (Å²) in [5.41, 5.74) is 1.04. The second-order valence-electron chi connectivity index (χ2n) is 4.89. The quantitative estimate of drug-likeness (QED) is 0.742. The molecule has 0 aliphatic rings. The number of nitrogens with zero attached hydrogens (tertiary/aromatic N) is 5. The molecule has 118 valence electrons. The number of amides is 1. The molecule has 1 N–H and O–H groups in total. The second-order valence-corrected chi connectivity index (χ2v) is 5.87. The molecule has 8 heteroatoms. The fourth-order valence-corrected chi connectivity index (χ4v) is 2.72. The highest BCUT2D eigenvalue weighted by atomic mass is 32.2. The van der Waals surface area contributed by atoms with Gasteiger partial charge in [-0.25, -0.2) is 4.98 Å². The Labute approximate surface area is 137 Å². The van der Waals surface area contributed by atoms with Crippen LogP contribution < -0.4 is 5.32 Å². The summed E-state index contributed by atoms with van der Waals surface area (Å²) in [7, 11) is 0. The highest BCUT2D eigenvalue weighted by Crippen LogP contribution is 2.18. The van der Waals surface area contributed by atoms with Crippen molar-refractivity contribution in [3.63, 3.8) is 0 Å². The van der Waals surface area contributed by atoms with Crippen LogP contribution in [0.1, 0.15) is 28.8 Å². The van der Waals surface area contributed by atoms with Gasteiger partial charge in [-0.2, -0.15) is 11.8 Å². The third-order valence-electron chi connectivity index (χ3n) is 3.36. The Morgan fingerprint density at radius 2 is 2.26 bits per heavy atom.